The monoisotopic (exact) mass is 450 g/mol. The zero-order chi connectivity index (χ0) is 23.4. The van der Waals surface area contributed by atoms with Gasteiger partial charge in [-0.1, -0.05) is 55.5 Å². The molecule has 1 aliphatic heterocycles. The Labute approximate surface area is 193 Å². The molecule has 2 aromatic carbocycles. The number of hydrogen-bond acceptors (Lipinski definition) is 4. The SMILES string of the molecule is CC[C@@H](CC(=O)N1CC(CCC(=O)O)C1)NC(=O)OCC1c2ccccc2-c2ccccc21. The van der Waals surface area contributed by atoms with Gasteiger partial charge in [0.05, 0.1) is 0 Å². The van der Waals surface area contributed by atoms with Gasteiger partial charge in [0, 0.05) is 37.9 Å². The first-order valence-corrected chi connectivity index (χ1v) is 11.6. The standard InChI is InChI=1S/C26H30N2O5/c1-2-18(13-24(29)28-14-17(15-28)11-12-25(30)31)27-26(32)33-16-23-21-9-5-3-7-19(21)20-8-4-6-10-22(20)23/h3-10,17-18,23H,2,11-16H2,1H3,(H,27,32)(H,30,31)/t18-/m0/s1. The zero-order valence-electron chi connectivity index (χ0n) is 18.8. The number of alkyl carbamates (subject to hydrolysis) is 1. The molecule has 4 rings (SSSR count). The molecule has 2 aliphatic rings. The predicted molar refractivity (Wildman–Crippen MR) is 124 cm³/mol. The quantitative estimate of drug-likeness (QED) is 0.602. The lowest BCUT2D eigenvalue weighted by molar-refractivity contribution is -0.139. The van der Waals surface area contributed by atoms with Crippen molar-refractivity contribution in [2.24, 2.45) is 5.92 Å². The Hall–Kier alpha value is -3.35. The molecule has 7 heteroatoms. The number of likely N-dealkylation sites (tertiary alicyclic amines) is 1. The van der Waals surface area contributed by atoms with Crippen molar-refractivity contribution in [3.63, 3.8) is 0 Å². The Morgan fingerprint density at radius 2 is 1.67 bits per heavy atom. The average Bonchev–Trinajstić information content (AvgIpc) is 3.09. The second-order valence-corrected chi connectivity index (χ2v) is 8.88. The smallest absolute Gasteiger partial charge is 0.407 e. The van der Waals surface area contributed by atoms with Gasteiger partial charge in [-0.05, 0) is 41.0 Å². The molecule has 33 heavy (non-hydrogen) atoms. The van der Waals surface area contributed by atoms with Crippen LogP contribution in [0.3, 0.4) is 0 Å². The summed E-state index contributed by atoms with van der Waals surface area (Å²) in [6.45, 7) is 3.34. The van der Waals surface area contributed by atoms with E-state index in [-0.39, 0.29) is 43.2 Å². The van der Waals surface area contributed by atoms with E-state index in [0.717, 1.165) is 11.1 Å². The summed E-state index contributed by atoms with van der Waals surface area (Å²) in [6.07, 6.45) is 1.04. The first-order valence-electron chi connectivity index (χ1n) is 11.6. The molecule has 0 aromatic heterocycles. The summed E-state index contributed by atoms with van der Waals surface area (Å²) >= 11 is 0. The Balaban J connectivity index is 1.26. The number of nitrogens with one attached hydrogen (secondary N) is 1. The number of rotatable bonds is 9. The van der Waals surface area contributed by atoms with Crippen LogP contribution in [0.4, 0.5) is 4.79 Å². The summed E-state index contributed by atoms with van der Waals surface area (Å²) < 4.78 is 5.60. The lowest BCUT2D eigenvalue weighted by Gasteiger charge is -2.40. The maximum Gasteiger partial charge on any atom is 0.407 e. The molecular weight excluding hydrogens is 420 g/mol. The molecule has 1 saturated heterocycles. The van der Waals surface area contributed by atoms with Gasteiger partial charge in [0.1, 0.15) is 6.61 Å². The number of nitrogens with zero attached hydrogens (tertiary/aromatic N) is 1. The number of carboxylic acid groups (broad SMARTS) is 1. The maximum absolute atomic E-state index is 12.5. The Bertz CT molecular complexity index is 985. The number of hydrogen-bond donors (Lipinski definition) is 2. The topological polar surface area (TPSA) is 95.9 Å². The highest BCUT2D eigenvalue weighted by Gasteiger charge is 2.32. The molecule has 7 nitrogen and oxygen atoms in total. The van der Waals surface area contributed by atoms with Crippen molar-refractivity contribution in [3.8, 4) is 11.1 Å². The zero-order valence-corrected chi connectivity index (χ0v) is 18.8. The van der Waals surface area contributed by atoms with Crippen LogP contribution >= 0.6 is 0 Å². The first-order chi connectivity index (χ1) is 16.0. The van der Waals surface area contributed by atoms with Gasteiger partial charge in [-0.3, -0.25) is 9.59 Å². The molecule has 0 radical (unpaired) electrons. The third kappa shape index (κ3) is 5.18. The molecule has 1 heterocycles. The molecule has 0 bridgehead atoms. The van der Waals surface area contributed by atoms with Crippen LogP contribution in [0.2, 0.25) is 0 Å². The number of carbonyl (C=O) groups is 3. The molecule has 2 N–H and O–H groups in total. The number of benzene rings is 2. The fourth-order valence-electron chi connectivity index (χ4n) is 4.73. The number of amides is 2. The normalized spacial score (nSPS) is 15.8. The molecule has 0 spiro atoms. The summed E-state index contributed by atoms with van der Waals surface area (Å²) in [5, 5.41) is 11.6. The highest BCUT2D eigenvalue weighted by atomic mass is 16.5. The molecule has 2 aromatic rings. The van der Waals surface area contributed by atoms with Crippen molar-refractivity contribution in [2.45, 2.75) is 44.6 Å². The molecule has 0 saturated carbocycles. The molecule has 2 amide bonds. The molecule has 0 unspecified atom stereocenters. The van der Waals surface area contributed by atoms with Crippen molar-refractivity contribution in [1.29, 1.82) is 0 Å². The van der Waals surface area contributed by atoms with Crippen molar-refractivity contribution >= 4 is 18.0 Å². The van der Waals surface area contributed by atoms with E-state index >= 15 is 0 Å². The lowest BCUT2D eigenvalue weighted by atomic mass is 9.94. The van der Waals surface area contributed by atoms with Gasteiger partial charge in [-0.25, -0.2) is 4.79 Å². The number of aliphatic carboxylic acids is 1. The van der Waals surface area contributed by atoms with Gasteiger partial charge >= 0.3 is 12.1 Å². The van der Waals surface area contributed by atoms with Crippen molar-refractivity contribution in [1.82, 2.24) is 10.2 Å². The van der Waals surface area contributed by atoms with E-state index in [1.165, 1.54) is 11.1 Å². The van der Waals surface area contributed by atoms with Crippen molar-refractivity contribution in [2.75, 3.05) is 19.7 Å². The van der Waals surface area contributed by atoms with Gasteiger partial charge < -0.3 is 20.1 Å². The fraction of sp³-hybridized carbons (Fsp3) is 0.423. The molecule has 1 aliphatic carbocycles. The summed E-state index contributed by atoms with van der Waals surface area (Å²) in [6, 6.07) is 16.1. The summed E-state index contributed by atoms with van der Waals surface area (Å²) in [4.78, 5) is 37.4. The molecular formula is C26H30N2O5. The third-order valence-electron chi connectivity index (χ3n) is 6.66. The van der Waals surface area contributed by atoms with Crippen LogP contribution in [-0.4, -0.2) is 53.7 Å². The van der Waals surface area contributed by atoms with E-state index in [0.29, 0.717) is 25.9 Å². The maximum atomic E-state index is 12.5. The van der Waals surface area contributed by atoms with Crippen LogP contribution < -0.4 is 5.32 Å². The molecule has 174 valence electrons. The molecule has 1 fully saturated rings. The first kappa shape index (κ1) is 22.8. The fourth-order valence-corrected chi connectivity index (χ4v) is 4.73. The van der Waals surface area contributed by atoms with Gasteiger partial charge in [0.15, 0.2) is 0 Å². The number of carbonyl (C=O) groups excluding carboxylic acids is 2. The van der Waals surface area contributed by atoms with E-state index < -0.39 is 12.1 Å². The van der Waals surface area contributed by atoms with E-state index in [2.05, 4.69) is 29.6 Å². The molecule has 1 atom stereocenters. The van der Waals surface area contributed by atoms with E-state index in [1.54, 1.807) is 4.90 Å². The van der Waals surface area contributed by atoms with Gasteiger partial charge in [0.2, 0.25) is 5.91 Å². The van der Waals surface area contributed by atoms with Gasteiger partial charge in [-0.15, -0.1) is 0 Å². The van der Waals surface area contributed by atoms with Crippen molar-refractivity contribution in [3.05, 3.63) is 59.7 Å². The van der Waals surface area contributed by atoms with E-state index in [1.807, 2.05) is 31.2 Å². The minimum atomic E-state index is -0.807. The number of carboxylic acids is 1. The largest absolute Gasteiger partial charge is 0.481 e. The Morgan fingerprint density at radius 3 is 2.24 bits per heavy atom. The lowest BCUT2D eigenvalue weighted by Crippen LogP contribution is -2.51. The van der Waals surface area contributed by atoms with Crippen molar-refractivity contribution < 1.29 is 24.2 Å². The minimum Gasteiger partial charge on any atom is -0.481 e. The van der Waals surface area contributed by atoms with Crippen LogP contribution in [0.15, 0.2) is 48.5 Å². The number of fused-ring (bicyclic) bond motifs is 3. The average molecular weight is 451 g/mol. The highest BCUT2D eigenvalue weighted by molar-refractivity contribution is 5.80. The van der Waals surface area contributed by atoms with E-state index in [9.17, 15) is 14.4 Å². The Morgan fingerprint density at radius 1 is 1.06 bits per heavy atom. The van der Waals surface area contributed by atoms with E-state index in [4.69, 9.17) is 9.84 Å². The summed E-state index contributed by atoms with van der Waals surface area (Å²) in [5.74, 6) is -0.584. The summed E-state index contributed by atoms with van der Waals surface area (Å²) in [5.41, 5.74) is 4.67. The Kier molecular flexibility index (Phi) is 6.96. The van der Waals surface area contributed by atoms with Crippen LogP contribution in [-0.2, 0) is 14.3 Å². The van der Waals surface area contributed by atoms with Gasteiger partial charge in [0.25, 0.3) is 0 Å². The second kappa shape index (κ2) is 10.1. The highest BCUT2D eigenvalue weighted by Crippen LogP contribution is 2.44. The predicted octanol–water partition coefficient (Wildman–Crippen LogP) is 4.02. The van der Waals surface area contributed by atoms with Gasteiger partial charge in [-0.2, -0.15) is 0 Å². The van der Waals surface area contributed by atoms with Crippen LogP contribution in [0.25, 0.3) is 11.1 Å². The minimum absolute atomic E-state index is 0.00585. The van der Waals surface area contributed by atoms with Crippen LogP contribution in [0, 0.1) is 5.92 Å². The number of ether oxygens (including phenoxy) is 1. The second-order valence-electron chi connectivity index (χ2n) is 8.88. The summed E-state index contributed by atoms with van der Waals surface area (Å²) in [7, 11) is 0. The van der Waals surface area contributed by atoms with Crippen LogP contribution in [0.5, 0.6) is 0 Å². The third-order valence-corrected chi connectivity index (χ3v) is 6.66. The van der Waals surface area contributed by atoms with Crippen LogP contribution in [0.1, 0.15) is 49.7 Å².